The number of alkyl halides is 5. The van der Waals surface area contributed by atoms with Crippen LogP contribution in [0.15, 0.2) is 48.5 Å². The molecule has 0 atom stereocenters. The fourth-order valence-corrected chi connectivity index (χ4v) is 4.74. The summed E-state index contributed by atoms with van der Waals surface area (Å²) in [5.74, 6) is -3.94. The van der Waals surface area contributed by atoms with Gasteiger partial charge < -0.3 is 14.6 Å². The van der Waals surface area contributed by atoms with Crippen molar-refractivity contribution in [1.29, 1.82) is 0 Å². The van der Waals surface area contributed by atoms with E-state index in [1.165, 1.54) is 40.7 Å². The van der Waals surface area contributed by atoms with Gasteiger partial charge in [-0.05, 0) is 35.7 Å². The fourth-order valence-electron chi connectivity index (χ4n) is 4.74. The molecule has 9 heteroatoms. The van der Waals surface area contributed by atoms with Gasteiger partial charge in [0.1, 0.15) is 5.69 Å². The Hall–Kier alpha value is -3.20. The molecular weight excluding hydrogens is 443 g/mol. The normalized spacial score (nSPS) is 17.4. The number of rotatable bonds is 2. The third-order valence-corrected chi connectivity index (χ3v) is 6.34. The number of benzene rings is 2. The van der Waals surface area contributed by atoms with E-state index in [-0.39, 0.29) is 53.3 Å². The second-order valence-corrected chi connectivity index (χ2v) is 8.45. The molecular formula is C24H19F5N2O2. The van der Waals surface area contributed by atoms with E-state index in [4.69, 9.17) is 0 Å². The molecule has 2 aliphatic rings. The maximum absolute atomic E-state index is 15.7. The lowest BCUT2D eigenvalue weighted by Gasteiger charge is -2.37. The van der Waals surface area contributed by atoms with Gasteiger partial charge in [-0.1, -0.05) is 36.4 Å². The Morgan fingerprint density at radius 2 is 1.70 bits per heavy atom. The molecule has 1 fully saturated rings. The monoisotopic (exact) mass is 462 g/mol. The molecule has 33 heavy (non-hydrogen) atoms. The number of hydrogen-bond donors (Lipinski definition) is 1. The number of carbonyl (C=O) groups excluding carboxylic acids is 1. The molecule has 5 rings (SSSR count). The number of hydrogen-bond acceptors (Lipinski definition) is 2. The molecule has 0 aliphatic carbocycles. The standard InChI is InChI=1S/C24H19F5N2O2/c1-13-19(14-6-8-16(9-7-14)24(27,28)29)20(22(33)30-11-17(32)12-30)31-10-15-4-2-3-5-18(15)23(25,26)21(13)31/h2-9,17,32H,10-12H2,1H3. The SMILES string of the molecule is Cc1c(-c2ccc(C(F)(F)F)cc2)c(C(=O)N2CC(O)C2)n2c1C(F)(F)c1ccccc1C2. The molecule has 2 aliphatic heterocycles. The van der Waals surface area contributed by atoms with Crippen molar-refractivity contribution in [3.63, 3.8) is 0 Å². The molecule has 4 nitrogen and oxygen atoms in total. The molecule has 1 amide bonds. The van der Waals surface area contributed by atoms with Crippen LogP contribution >= 0.6 is 0 Å². The minimum Gasteiger partial charge on any atom is -0.389 e. The zero-order chi connectivity index (χ0) is 23.7. The summed E-state index contributed by atoms with van der Waals surface area (Å²) < 4.78 is 71.8. The molecule has 172 valence electrons. The van der Waals surface area contributed by atoms with E-state index in [1.807, 2.05) is 0 Å². The Bertz CT molecular complexity index is 1260. The lowest BCUT2D eigenvalue weighted by Crippen LogP contribution is -2.54. The minimum atomic E-state index is -4.55. The number of halogens is 5. The van der Waals surface area contributed by atoms with Gasteiger partial charge in [-0.3, -0.25) is 4.79 Å². The number of aromatic nitrogens is 1. The molecule has 1 aromatic heterocycles. The molecule has 0 unspecified atom stereocenters. The highest BCUT2D eigenvalue weighted by Crippen LogP contribution is 2.48. The van der Waals surface area contributed by atoms with Crippen LogP contribution in [0.3, 0.4) is 0 Å². The van der Waals surface area contributed by atoms with Crippen molar-refractivity contribution in [3.05, 3.63) is 82.2 Å². The van der Waals surface area contributed by atoms with Gasteiger partial charge in [0.25, 0.3) is 5.91 Å². The van der Waals surface area contributed by atoms with Crippen molar-refractivity contribution >= 4 is 5.91 Å². The number of aliphatic hydroxyl groups is 1. The van der Waals surface area contributed by atoms with E-state index in [0.717, 1.165) is 12.1 Å². The smallest absolute Gasteiger partial charge is 0.389 e. The van der Waals surface area contributed by atoms with Crippen molar-refractivity contribution in [1.82, 2.24) is 9.47 Å². The maximum atomic E-state index is 15.7. The summed E-state index contributed by atoms with van der Waals surface area (Å²) in [4.78, 5) is 14.7. The summed E-state index contributed by atoms with van der Waals surface area (Å²) in [6, 6.07) is 10.2. The van der Waals surface area contributed by atoms with E-state index >= 15 is 8.78 Å². The third kappa shape index (κ3) is 3.25. The van der Waals surface area contributed by atoms with E-state index in [1.54, 1.807) is 12.1 Å². The largest absolute Gasteiger partial charge is 0.416 e. The third-order valence-electron chi connectivity index (χ3n) is 6.34. The van der Waals surface area contributed by atoms with Crippen LogP contribution in [-0.2, 0) is 18.6 Å². The zero-order valence-corrected chi connectivity index (χ0v) is 17.5. The van der Waals surface area contributed by atoms with Crippen molar-refractivity contribution in [2.45, 2.75) is 31.7 Å². The molecule has 3 heterocycles. The first kappa shape index (κ1) is 21.6. The van der Waals surface area contributed by atoms with Crippen molar-refractivity contribution in [3.8, 4) is 11.1 Å². The molecule has 0 spiro atoms. The Balaban J connectivity index is 1.73. The van der Waals surface area contributed by atoms with Gasteiger partial charge in [-0.2, -0.15) is 22.0 Å². The highest BCUT2D eigenvalue weighted by Gasteiger charge is 2.47. The molecule has 2 aromatic carbocycles. The van der Waals surface area contributed by atoms with Gasteiger partial charge in [-0.15, -0.1) is 0 Å². The summed E-state index contributed by atoms with van der Waals surface area (Å²) in [5, 5.41) is 9.64. The number of fused-ring (bicyclic) bond motifs is 2. The zero-order valence-electron chi connectivity index (χ0n) is 17.5. The summed E-state index contributed by atoms with van der Waals surface area (Å²) in [7, 11) is 0. The molecule has 1 N–H and O–H groups in total. The average Bonchev–Trinajstić information content (AvgIpc) is 3.03. The second kappa shape index (κ2) is 7.15. The van der Waals surface area contributed by atoms with Gasteiger partial charge in [-0.25, -0.2) is 0 Å². The first-order chi connectivity index (χ1) is 15.5. The first-order valence-electron chi connectivity index (χ1n) is 10.3. The average molecular weight is 462 g/mol. The Labute approximate surface area is 185 Å². The van der Waals surface area contributed by atoms with Crippen molar-refractivity contribution in [2.75, 3.05) is 13.1 Å². The van der Waals surface area contributed by atoms with E-state index in [2.05, 4.69) is 0 Å². The van der Waals surface area contributed by atoms with Crippen molar-refractivity contribution in [2.24, 2.45) is 0 Å². The van der Waals surface area contributed by atoms with E-state index in [9.17, 15) is 23.1 Å². The van der Waals surface area contributed by atoms with Crippen LogP contribution in [0.25, 0.3) is 11.1 Å². The summed E-state index contributed by atoms with van der Waals surface area (Å²) in [6.45, 7) is 1.62. The van der Waals surface area contributed by atoms with Gasteiger partial charge >= 0.3 is 12.1 Å². The minimum absolute atomic E-state index is 0.0108. The Kier molecular flexibility index (Phi) is 4.69. The lowest BCUT2D eigenvalue weighted by molar-refractivity contribution is -0.137. The van der Waals surface area contributed by atoms with Gasteiger partial charge in [0.15, 0.2) is 0 Å². The van der Waals surface area contributed by atoms with Crippen molar-refractivity contribution < 1.29 is 31.9 Å². The highest BCUT2D eigenvalue weighted by atomic mass is 19.4. The molecule has 3 aromatic rings. The number of β-amino-alcohol motifs (C(OH)–C–C–N with tert-alkyl or cyclic N) is 1. The van der Waals surface area contributed by atoms with Crippen LogP contribution < -0.4 is 0 Å². The predicted molar refractivity (Wildman–Crippen MR) is 110 cm³/mol. The summed E-state index contributed by atoms with van der Waals surface area (Å²) in [6.07, 6.45) is -5.24. The predicted octanol–water partition coefficient (Wildman–Crippen LogP) is 4.80. The number of carbonyl (C=O) groups is 1. The number of nitrogens with zero attached hydrogens (tertiary/aromatic N) is 2. The Morgan fingerprint density at radius 1 is 1.06 bits per heavy atom. The molecule has 0 radical (unpaired) electrons. The van der Waals surface area contributed by atoms with Crippen LogP contribution in [0.4, 0.5) is 22.0 Å². The summed E-state index contributed by atoms with van der Waals surface area (Å²) >= 11 is 0. The van der Waals surface area contributed by atoms with Gasteiger partial charge in [0.05, 0.1) is 17.4 Å². The van der Waals surface area contributed by atoms with Crippen LogP contribution in [0.2, 0.25) is 0 Å². The second-order valence-electron chi connectivity index (χ2n) is 8.45. The van der Waals surface area contributed by atoms with Crippen LogP contribution in [0, 0.1) is 6.92 Å². The van der Waals surface area contributed by atoms with E-state index < -0.39 is 29.7 Å². The van der Waals surface area contributed by atoms with E-state index in [0.29, 0.717) is 5.56 Å². The quantitative estimate of drug-likeness (QED) is 0.556. The fraction of sp³-hybridized carbons (Fsp3) is 0.292. The first-order valence-corrected chi connectivity index (χ1v) is 10.3. The summed E-state index contributed by atoms with van der Waals surface area (Å²) in [5.41, 5.74) is -0.465. The molecule has 1 saturated heterocycles. The molecule has 0 saturated carbocycles. The number of aliphatic hydroxyl groups excluding tert-OH is 1. The number of amides is 1. The van der Waals surface area contributed by atoms with Crippen LogP contribution in [0.5, 0.6) is 0 Å². The van der Waals surface area contributed by atoms with Crippen LogP contribution in [0.1, 0.15) is 38.4 Å². The van der Waals surface area contributed by atoms with Gasteiger partial charge in [0.2, 0.25) is 0 Å². The number of likely N-dealkylation sites (tertiary alicyclic amines) is 1. The Morgan fingerprint density at radius 3 is 2.30 bits per heavy atom. The van der Waals surface area contributed by atoms with Crippen LogP contribution in [-0.4, -0.2) is 39.7 Å². The lowest BCUT2D eigenvalue weighted by atomic mass is 9.93. The maximum Gasteiger partial charge on any atom is 0.416 e. The molecule has 0 bridgehead atoms. The van der Waals surface area contributed by atoms with Gasteiger partial charge in [0, 0.05) is 30.8 Å². The topological polar surface area (TPSA) is 45.5 Å². The highest BCUT2D eigenvalue weighted by molar-refractivity contribution is 6.01.